The fourth-order valence-corrected chi connectivity index (χ4v) is 3.60. The van der Waals surface area contributed by atoms with Crippen LogP contribution in [-0.2, 0) is 13.1 Å². The summed E-state index contributed by atoms with van der Waals surface area (Å²) in [6.45, 7) is 4.56. The maximum absolute atomic E-state index is 12.7. The van der Waals surface area contributed by atoms with Gasteiger partial charge in [-0.2, -0.15) is 0 Å². The minimum absolute atomic E-state index is 0.181. The third-order valence-electron chi connectivity index (χ3n) is 4.57. The highest BCUT2D eigenvalue weighted by atomic mass is 79.9. The molecule has 0 atom stereocenters. The highest BCUT2D eigenvalue weighted by Gasteiger charge is 2.21. The SMILES string of the molecule is CCn1c(=O)n(CC)c2cc(NC(=O)c3cc([N+](=O)[O-])cc([N+](=O)[O-])c3)c(Br)cc21. The first kappa shape index (κ1) is 21.2. The van der Waals surface area contributed by atoms with Crippen molar-refractivity contribution in [2.75, 3.05) is 5.32 Å². The van der Waals surface area contributed by atoms with Crippen LogP contribution in [0.1, 0.15) is 24.2 Å². The molecule has 1 amide bonds. The van der Waals surface area contributed by atoms with Gasteiger partial charge in [0, 0.05) is 29.7 Å². The van der Waals surface area contributed by atoms with Gasteiger partial charge in [-0.1, -0.05) is 0 Å². The highest BCUT2D eigenvalue weighted by Crippen LogP contribution is 2.30. The maximum atomic E-state index is 12.7. The molecule has 156 valence electrons. The molecular weight excluding hydrogens is 462 g/mol. The molecule has 1 heterocycles. The number of amides is 1. The number of nitro benzene ring substituents is 2. The van der Waals surface area contributed by atoms with Crippen molar-refractivity contribution in [3.05, 3.63) is 71.1 Å². The standard InChI is InChI=1S/C18H16BrN5O6/c1-3-21-15-8-13(19)14(9-16(15)22(4-2)18(21)26)20-17(25)10-5-11(23(27)28)7-12(6-10)24(29)30/h5-9H,3-4H2,1-2H3,(H,20,25). The quantitative estimate of drug-likeness (QED) is 0.423. The highest BCUT2D eigenvalue weighted by molar-refractivity contribution is 9.10. The second-order valence-electron chi connectivity index (χ2n) is 6.30. The Bertz CT molecular complexity index is 1230. The molecule has 0 spiro atoms. The van der Waals surface area contributed by atoms with Gasteiger partial charge in [-0.15, -0.1) is 0 Å². The van der Waals surface area contributed by atoms with Crippen LogP contribution >= 0.6 is 15.9 Å². The summed E-state index contributed by atoms with van der Waals surface area (Å²) in [5, 5.41) is 24.7. The van der Waals surface area contributed by atoms with Crippen LogP contribution in [0.4, 0.5) is 17.1 Å². The predicted octanol–water partition coefficient (Wildman–Crippen LogP) is 3.67. The van der Waals surface area contributed by atoms with Crippen molar-refractivity contribution >= 4 is 49.9 Å². The van der Waals surface area contributed by atoms with E-state index in [1.165, 1.54) is 0 Å². The number of nitrogens with zero attached hydrogens (tertiary/aromatic N) is 4. The van der Waals surface area contributed by atoms with Crippen molar-refractivity contribution in [3.63, 3.8) is 0 Å². The number of rotatable bonds is 6. The smallest absolute Gasteiger partial charge is 0.321 e. The third kappa shape index (κ3) is 3.68. The van der Waals surface area contributed by atoms with Crippen LogP contribution in [0.15, 0.2) is 39.6 Å². The number of carbonyl (C=O) groups is 1. The van der Waals surface area contributed by atoms with Gasteiger partial charge in [-0.25, -0.2) is 4.79 Å². The van der Waals surface area contributed by atoms with Gasteiger partial charge in [0.2, 0.25) is 0 Å². The Balaban J connectivity index is 2.07. The summed E-state index contributed by atoms with van der Waals surface area (Å²) in [5.74, 6) is -0.762. The molecule has 0 aliphatic rings. The molecule has 11 nitrogen and oxygen atoms in total. The molecule has 0 aliphatic heterocycles. The number of aromatic nitrogens is 2. The first-order valence-electron chi connectivity index (χ1n) is 8.85. The molecular formula is C18H16BrN5O6. The Morgan fingerprint density at radius 1 is 0.967 bits per heavy atom. The molecule has 30 heavy (non-hydrogen) atoms. The average molecular weight is 478 g/mol. The lowest BCUT2D eigenvalue weighted by atomic mass is 10.1. The van der Waals surface area contributed by atoms with E-state index in [1.54, 1.807) is 21.3 Å². The lowest BCUT2D eigenvalue weighted by molar-refractivity contribution is -0.394. The van der Waals surface area contributed by atoms with Crippen LogP contribution in [0.5, 0.6) is 0 Å². The summed E-state index contributed by atoms with van der Waals surface area (Å²) < 4.78 is 3.64. The number of hydrogen-bond acceptors (Lipinski definition) is 6. The number of non-ortho nitro benzene ring substituents is 2. The number of aryl methyl sites for hydroxylation is 2. The number of nitrogens with one attached hydrogen (secondary N) is 1. The van der Waals surface area contributed by atoms with Crippen molar-refractivity contribution in [1.82, 2.24) is 9.13 Å². The number of halogens is 1. The van der Waals surface area contributed by atoms with Crippen molar-refractivity contribution in [3.8, 4) is 0 Å². The first-order chi connectivity index (χ1) is 14.2. The molecule has 0 fully saturated rings. The van der Waals surface area contributed by atoms with Crippen LogP contribution in [0.25, 0.3) is 11.0 Å². The first-order valence-corrected chi connectivity index (χ1v) is 9.65. The minimum Gasteiger partial charge on any atom is -0.321 e. The predicted molar refractivity (Wildman–Crippen MR) is 113 cm³/mol. The topological polar surface area (TPSA) is 142 Å². The molecule has 3 aromatic rings. The lowest BCUT2D eigenvalue weighted by Gasteiger charge is -2.09. The maximum Gasteiger partial charge on any atom is 0.329 e. The van der Waals surface area contributed by atoms with Crippen LogP contribution in [0.2, 0.25) is 0 Å². The van der Waals surface area contributed by atoms with E-state index in [0.717, 1.165) is 18.2 Å². The van der Waals surface area contributed by atoms with E-state index < -0.39 is 27.1 Å². The summed E-state index contributed by atoms with van der Waals surface area (Å²) >= 11 is 3.36. The van der Waals surface area contributed by atoms with E-state index in [4.69, 9.17) is 0 Å². The van der Waals surface area contributed by atoms with Gasteiger partial charge in [0.1, 0.15) is 0 Å². The Morgan fingerprint density at radius 2 is 1.47 bits per heavy atom. The van der Waals surface area contributed by atoms with E-state index in [-0.39, 0.29) is 11.3 Å². The van der Waals surface area contributed by atoms with Gasteiger partial charge in [0.25, 0.3) is 17.3 Å². The van der Waals surface area contributed by atoms with E-state index in [0.29, 0.717) is 34.3 Å². The summed E-state index contributed by atoms with van der Waals surface area (Å²) in [6, 6.07) is 6.01. The number of nitro groups is 2. The van der Waals surface area contributed by atoms with Crippen molar-refractivity contribution in [1.29, 1.82) is 0 Å². The van der Waals surface area contributed by atoms with Crippen LogP contribution in [0.3, 0.4) is 0 Å². The number of carbonyl (C=O) groups excluding carboxylic acids is 1. The Kier molecular flexibility index (Phi) is 5.69. The minimum atomic E-state index is -0.806. The average Bonchev–Trinajstić information content (AvgIpc) is 2.97. The molecule has 3 rings (SSSR count). The summed E-state index contributed by atoms with van der Waals surface area (Å²) in [7, 11) is 0. The van der Waals surface area contributed by atoms with Crippen LogP contribution in [0, 0.1) is 20.2 Å². The van der Waals surface area contributed by atoms with Gasteiger partial charge < -0.3 is 5.32 Å². The van der Waals surface area contributed by atoms with Gasteiger partial charge in [0.15, 0.2) is 0 Å². The molecule has 1 N–H and O–H groups in total. The molecule has 12 heteroatoms. The number of fused-ring (bicyclic) bond motifs is 1. The molecule has 2 aromatic carbocycles. The Hall–Kier alpha value is -3.54. The third-order valence-corrected chi connectivity index (χ3v) is 5.23. The molecule has 0 unspecified atom stereocenters. The number of imidazole rings is 1. The van der Waals surface area contributed by atoms with Gasteiger partial charge in [-0.3, -0.25) is 34.2 Å². The van der Waals surface area contributed by atoms with E-state index in [9.17, 15) is 29.8 Å². The molecule has 0 saturated carbocycles. The number of anilines is 1. The van der Waals surface area contributed by atoms with Gasteiger partial charge in [-0.05, 0) is 41.9 Å². The molecule has 0 radical (unpaired) electrons. The van der Waals surface area contributed by atoms with Gasteiger partial charge in [0.05, 0.1) is 38.2 Å². The van der Waals surface area contributed by atoms with Crippen molar-refractivity contribution < 1.29 is 14.6 Å². The number of hydrogen-bond donors (Lipinski definition) is 1. The zero-order valence-corrected chi connectivity index (χ0v) is 17.5. The summed E-state index contributed by atoms with van der Waals surface area (Å²) in [5.41, 5.74) is 0.0548. The fraction of sp³-hybridized carbons (Fsp3) is 0.222. The number of benzene rings is 2. The monoisotopic (exact) mass is 477 g/mol. The van der Waals surface area contributed by atoms with E-state index >= 15 is 0 Å². The van der Waals surface area contributed by atoms with Crippen molar-refractivity contribution in [2.24, 2.45) is 0 Å². The second-order valence-corrected chi connectivity index (χ2v) is 7.15. The summed E-state index contributed by atoms with van der Waals surface area (Å²) in [6.07, 6.45) is 0. The Morgan fingerprint density at radius 3 is 1.93 bits per heavy atom. The van der Waals surface area contributed by atoms with Crippen molar-refractivity contribution in [2.45, 2.75) is 26.9 Å². The molecule has 0 saturated heterocycles. The molecule has 0 aliphatic carbocycles. The normalized spacial score (nSPS) is 10.9. The van der Waals surface area contributed by atoms with Crippen LogP contribution in [-0.4, -0.2) is 24.9 Å². The van der Waals surface area contributed by atoms with Crippen LogP contribution < -0.4 is 11.0 Å². The molecule has 1 aromatic heterocycles. The summed E-state index contributed by atoms with van der Waals surface area (Å²) in [4.78, 5) is 45.7. The fourth-order valence-electron chi connectivity index (χ4n) is 3.17. The second kappa shape index (κ2) is 8.06. The molecule has 0 bridgehead atoms. The zero-order valence-electron chi connectivity index (χ0n) is 15.9. The van der Waals surface area contributed by atoms with E-state index in [2.05, 4.69) is 21.2 Å². The lowest BCUT2D eigenvalue weighted by Crippen LogP contribution is -2.23. The van der Waals surface area contributed by atoms with E-state index in [1.807, 2.05) is 13.8 Å². The Labute approximate surface area is 177 Å². The largest absolute Gasteiger partial charge is 0.329 e. The van der Waals surface area contributed by atoms with Gasteiger partial charge >= 0.3 is 5.69 Å². The zero-order chi connectivity index (χ0) is 22.2.